The molecule has 0 heterocycles. The van der Waals surface area contributed by atoms with Gasteiger partial charge in [-0.2, -0.15) is 0 Å². The average molecular weight is 293 g/mol. The van der Waals surface area contributed by atoms with Crippen LogP contribution in [0.5, 0.6) is 0 Å². The van der Waals surface area contributed by atoms with Crippen LogP contribution in [0.15, 0.2) is 54.1 Å². The Hall–Kier alpha value is -2.75. The molecule has 0 radical (unpaired) electrons. The van der Waals surface area contributed by atoms with Gasteiger partial charge in [0.25, 0.3) is 5.69 Å². The Morgan fingerprint density at radius 2 is 1.73 bits per heavy atom. The van der Waals surface area contributed by atoms with Crippen molar-refractivity contribution in [2.75, 3.05) is 0 Å². The molecule has 2 aromatic rings. The highest BCUT2D eigenvalue weighted by Crippen LogP contribution is 2.26. The number of aryl methyl sites for hydroxylation is 1. The Labute approximate surface area is 128 Å². The number of Topliss-reactive ketones (excluding diaryl/α,β-unsaturated/α-hetero) is 1. The van der Waals surface area contributed by atoms with Gasteiger partial charge >= 0.3 is 0 Å². The van der Waals surface area contributed by atoms with Crippen LogP contribution in [0.25, 0.3) is 6.08 Å². The van der Waals surface area contributed by atoms with E-state index >= 15 is 0 Å². The SMILES string of the molecule is O=C1/C(=C\c2ccc([N+](=O)[O-])cc2)CCCc2ccccc21. The summed E-state index contributed by atoms with van der Waals surface area (Å²) in [4.78, 5) is 22.9. The Morgan fingerprint density at radius 1 is 1.00 bits per heavy atom. The van der Waals surface area contributed by atoms with Gasteiger partial charge in [0, 0.05) is 23.3 Å². The average Bonchev–Trinajstić information content (AvgIpc) is 2.68. The molecule has 0 bridgehead atoms. The van der Waals surface area contributed by atoms with E-state index in [1.807, 2.05) is 30.3 Å². The van der Waals surface area contributed by atoms with E-state index in [0.29, 0.717) is 0 Å². The van der Waals surface area contributed by atoms with Crippen molar-refractivity contribution in [3.05, 3.63) is 80.9 Å². The molecule has 1 aliphatic rings. The number of nitro groups is 1. The van der Waals surface area contributed by atoms with Crippen LogP contribution >= 0.6 is 0 Å². The monoisotopic (exact) mass is 293 g/mol. The van der Waals surface area contributed by atoms with Gasteiger partial charge in [-0.15, -0.1) is 0 Å². The third-order valence-corrected chi connectivity index (χ3v) is 3.89. The van der Waals surface area contributed by atoms with Crippen LogP contribution in [0.2, 0.25) is 0 Å². The molecule has 0 aromatic heterocycles. The minimum Gasteiger partial charge on any atom is -0.289 e. The molecule has 2 aromatic carbocycles. The second kappa shape index (κ2) is 5.93. The predicted molar refractivity (Wildman–Crippen MR) is 84.8 cm³/mol. The number of allylic oxidation sites excluding steroid dienone is 1. The lowest BCUT2D eigenvalue weighted by Crippen LogP contribution is -2.03. The molecule has 22 heavy (non-hydrogen) atoms. The topological polar surface area (TPSA) is 60.2 Å². The second-order valence-electron chi connectivity index (χ2n) is 5.36. The normalized spacial score (nSPS) is 16.2. The first-order valence-corrected chi connectivity index (χ1v) is 7.23. The molecule has 0 amide bonds. The first kappa shape index (κ1) is 14.2. The van der Waals surface area contributed by atoms with E-state index in [1.54, 1.807) is 12.1 Å². The van der Waals surface area contributed by atoms with Gasteiger partial charge in [0.05, 0.1) is 4.92 Å². The number of nitro benzene ring substituents is 1. The first-order valence-electron chi connectivity index (χ1n) is 7.23. The van der Waals surface area contributed by atoms with Crippen LogP contribution < -0.4 is 0 Å². The van der Waals surface area contributed by atoms with E-state index in [1.165, 1.54) is 12.1 Å². The molecule has 0 saturated carbocycles. The summed E-state index contributed by atoms with van der Waals surface area (Å²) in [6.07, 6.45) is 4.40. The van der Waals surface area contributed by atoms with Crippen molar-refractivity contribution in [2.24, 2.45) is 0 Å². The fraction of sp³-hybridized carbons (Fsp3) is 0.167. The molecule has 0 atom stereocenters. The Bertz CT molecular complexity index is 760. The van der Waals surface area contributed by atoms with Crippen molar-refractivity contribution >= 4 is 17.5 Å². The lowest BCUT2D eigenvalue weighted by Gasteiger charge is -2.05. The van der Waals surface area contributed by atoms with Crippen molar-refractivity contribution < 1.29 is 9.72 Å². The maximum atomic E-state index is 12.6. The van der Waals surface area contributed by atoms with Crippen LogP contribution in [-0.4, -0.2) is 10.7 Å². The second-order valence-corrected chi connectivity index (χ2v) is 5.36. The Kier molecular flexibility index (Phi) is 3.83. The van der Waals surface area contributed by atoms with E-state index in [4.69, 9.17) is 0 Å². The fourth-order valence-electron chi connectivity index (χ4n) is 2.75. The summed E-state index contributed by atoms with van der Waals surface area (Å²) in [5, 5.41) is 10.7. The van der Waals surface area contributed by atoms with Gasteiger partial charge in [-0.1, -0.05) is 24.3 Å². The Balaban J connectivity index is 1.94. The zero-order valence-electron chi connectivity index (χ0n) is 12.0. The number of nitrogens with zero attached hydrogens (tertiary/aromatic N) is 1. The summed E-state index contributed by atoms with van der Waals surface area (Å²) >= 11 is 0. The number of hydrogen-bond donors (Lipinski definition) is 0. The molecular weight excluding hydrogens is 278 g/mol. The molecule has 0 aliphatic heterocycles. The largest absolute Gasteiger partial charge is 0.289 e. The van der Waals surface area contributed by atoms with Gasteiger partial charge in [-0.3, -0.25) is 14.9 Å². The summed E-state index contributed by atoms with van der Waals surface area (Å²) in [6.45, 7) is 0. The molecule has 0 N–H and O–H groups in total. The van der Waals surface area contributed by atoms with Crippen LogP contribution in [0.1, 0.15) is 34.3 Å². The summed E-state index contributed by atoms with van der Waals surface area (Å²) < 4.78 is 0. The standard InChI is InChI=1S/C18H15NO3/c20-18-15(6-3-5-14-4-1-2-7-17(14)18)12-13-8-10-16(11-9-13)19(21)22/h1-2,4,7-12H,3,5-6H2/b15-12-. The van der Waals surface area contributed by atoms with Crippen molar-refractivity contribution in [1.29, 1.82) is 0 Å². The third-order valence-electron chi connectivity index (χ3n) is 3.89. The number of ketones is 1. The molecule has 1 aliphatic carbocycles. The number of hydrogen-bond acceptors (Lipinski definition) is 3. The summed E-state index contributed by atoms with van der Waals surface area (Å²) in [6, 6.07) is 14.0. The first-order chi connectivity index (χ1) is 10.6. The minimum absolute atomic E-state index is 0.0553. The fourth-order valence-corrected chi connectivity index (χ4v) is 2.75. The highest BCUT2D eigenvalue weighted by molar-refractivity contribution is 6.12. The van der Waals surface area contributed by atoms with Crippen molar-refractivity contribution in [1.82, 2.24) is 0 Å². The quantitative estimate of drug-likeness (QED) is 0.361. The van der Waals surface area contributed by atoms with E-state index in [9.17, 15) is 14.9 Å². The van der Waals surface area contributed by atoms with E-state index in [0.717, 1.165) is 41.5 Å². The van der Waals surface area contributed by atoms with E-state index < -0.39 is 4.92 Å². The maximum absolute atomic E-state index is 12.6. The molecule has 0 unspecified atom stereocenters. The van der Waals surface area contributed by atoms with Crippen LogP contribution in [0, 0.1) is 10.1 Å². The van der Waals surface area contributed by atoms with Crippen LogP contribution in [0.3, 0.4) is 0 Å². The number of fused-ring (bicyclic) bond motifs is 1. The van der Waals surface area contributed by atoms with Gasteiger partial charge in [0.1, 0.15) is 0 Å². The van der Waals surface area contributed by atoms with Crippen molar-refractivity contribution in [3.63, 3.8) is 0 Å². The molecule has 4 nitrogen and oxygen atoms in total. The van der Waals surface area contributed by atoms with Gasteiger partial charge in [-0.05, 0) is 48.6 Å². The summed E-state index contributed by atoms with van der Waals surface area (Å²) in [7, 11) is 0. The summed E-state index contributed by atoms with van der Waals surface area (Å²) in [5.74, 6) is 0.0615. The van der Waals surface area contributed by atoms with Gasteiger partial charge in [0.2, 0.25) is 0 Å². The number of benzene rings is 2. The molecule has 4 heteroatoms. The zero-order chi connectivity index (χ0) is 15.5. The van der Waals surface area contributed by atoms with Crippen molar-refractivity contribution in [2.45, 2.75) is 19.3 Å². The lowest BCUT2D eigenvalue weighted by molar-refractivity contribution is -0.384. The van der Waals surface area contributed by atoms with E-state index in [-0.39, 0.29) is 11.5 Å². The number of carbonyl (C=O) groups is 1. The van der Waals surface area contributed by atoms with Gasteiger partial charge < -0.3 is 0 Å². The van der Waals surface area contributed by atoms with Gasteiger partial charge in [0.15, 0.2) is 5.78 Å². The van der Waals surface area contributed by atoms with Crippen LogP contribution in [0.4, 0.5) is 5.69 Å². The highest BCUT2D eigenvalue weighted by atomic mass is 16.6. The van der Waals surface area contributed by atoms with Crippen LogP contribution in [-0.2, 0) is 6.42 Å². The minimum atomic E-state index is -0.427. The van der Waals surface area contributed by atoms with Crippen molar-refractivity contribution in [3.8, 4) is 0 Å². The molecule has 110 valence electrons. The number of carbonyl (C=O) groups excluding carboxylic acids is 1. The molecule has 0 fully saturated rings. The van der Waals surface area contributed by atoms with Gasteiger partial charge in [-0.25, -0.2) is 0 Å². The number of rotatable bonds is 2. The lowest BCUT2D eigenvalue weighted by atomic mass is 9.98. The molecule has 0 saturated heterocycles. The molecular formula is C18H15NO3. The Morgan fingerprint density at radius 3 is 2.45 bits per heavy atom. The number of non-ortho nitro benzene ring substituents is 1. The molecule has 3 rings (SSSR count). The third kappa shape index (κ3) is 2.81. The molecule has 0 spiro atoms. The summed E-state index contributed by atoms with van der Waals surface area (Å²) in [5.41, 5.74) is 3.50. The van der Waals surface area contributed by atoms with E-state index in [2.05, 4.69) is 0 Å². The highest BCUT2D eigenvalue weighted by Gasteiger charge is 2.19. The smallest absolute Gasteiger partial charge is 0.269 e. The predicted octanol–water partition coefficient (Wildman–Crippen LogP) is 4.20. The maximum Gasteiger partial charge on any atom is 0.269 e. The zero-order valence-corrected chi connectivity index (χ0v) is 12.0.